The molecule has 1 aromatic carbocycles. The number of unbranched alkanes of at least 4 members (excludes halogenated alkanes) is 2. The van der Waals surface area contributed by atoms with E-state index >= 15 is 0 Å². The van der Waals surface area contributed by atoms with Gasteiger partial charge >= 0.3 is 12.1 Å². The van der Waals surface area contributed by atoms with Crippen LogP contribution < -0.4 is 10.6 Å². The Kier molecular flexibility index (Phi) is 15.4. The van der Waals surface area contributed by atoms with E-state index in [-0.39, 0.29) is 31.9 Å². The lowest BCUT2D eigenvalue weighted by Gasteiger charge is -2.34. The third kappa shape index (κ3) is 13.1. The maximum absolute atomic E-state index is 14.0. The smallest absolute Gasteiger partial charge is 0.408 e. The van der Waals surface area contributed by atoms with Gasteiger partial charge in [0, 0.05) is 13.1 Å². The second-order valence-corrected chi connectivity index (χ2v) is 11.0. The monoisotopic (exact) mass is 567 g/mol. The number of hydrogen-bond donors (Lipinski definition) is 3. The molecule has 0 heterocycles. The SMILES string of the molecule is CCCCCN(C(=O)C(CCSC)NC(=O)OC(C)(C)C)C(C(=O)NCCC(=O)OCC)c1cccc(O)c1. The average Bonchev–Trinajstić information content (AvgIpc) is 2.84. The number of hydrogen-bond acceptors (Lipinski definition) is 8. The van der Waals surface area contributed by atoms with Crippen LogP contribution in [0.2, 0.25) is 0 Å². The van der Waals surface area contributed by atoms with Crippen LogP contribution in [-0.4, -0.2) is 77.2 Å². The third-order valence-corrected chi connectivity index (χ3v) is 6.21. The highest BCUT2D eigenvalue weighted by Crippen LogP contribution is 2.26. The molecule has 1 aromatic rings. The molecule has 0 bridgehead atoms. The van der Waals surface area contributed by atoms with Crippen molar-refractivity contribution in [3.63, 3.8) is 0 Å². The first-order chi connectivity index (χ1) is 18.4. The van der Waals surface area contributed by atoms with E-state index < -0.39 is 41.6 Å². The zero-order valence-electron chi connectivity index (χ0n) is 24.1. The second kappa shape index (κ2) is 17.6. The maximum atomic E-state index is 14.0. The number of alkyl carbamates (subject to hydrolysis) is 1. The molecule has 2 atom stereocenters. The first kappa shape index (κ1) is 34.1. The molecule has 0 radical (unpaired) electrons. The molecular formula is C28H45N3O7S. The van der Waals surface area contributed by atoms with E-state index in [1.165, 1.54) is 28.8 Å². The molecule has 0 aromatic heterocycles. The number of benzene rings is 1. The van der Waals surface area contributed by atoms with Gasteiger partial charge < -0.3 is 30.1 Å². The lowest BCUT2D eigenvalue weighted by atomic mass is 10.0. The van der Waals surface area contributed by atoms with Gasteiger partial charge in [0.05, 0.1) is 13.0 Å². The molecule has 10 nitrogen and oxygen atoms in total. The van der Waals surface area contributed by atoms with Crippen molar-refractivity contribution in [3.8, 4) is 5.75 Å². The number of carbonyl (C=O) groups is 4. The number of carbonyl (C=O) groups excluding carboxylic acids is 4. The number of nitrogens with zero attached hydrogens (tertiary/aromatic N) is 1. The lowest BCUT2D eigenvalue weighted by molar-refractivity contribution is -0.144. The van der Waals surface area contributed by atoms with Gasteiger partial charge in [0.2, 0.25) is 11.8 Å². The number of aromatic hydroxyl groups is 1. The van der Waals surface area contributed by atoms with Gasteiger partial charge in [0.1, 0.15) is 23.4 Å². The molecule has 220 valence electrons. The summed E-state index contributed by atoms with van der Waals surface area (Å²) in [5.41, 5.74) is -0.338. The zero-order chi connectivity index (χ0) is 29.4. The van der Waals surface area contributed by atoms with E-state index in [0.29, 0.717) is 24.2 Å². The molecule has 0 saturated carbocycles. The van der Waals surface area contributed by atoms with Crippen molar-refractivity contribution in [1.82, 2.24) is 15.5 Å². The molecule has 3 amide bonds. The Bertz CT molecular complexity index is 936. The summed E-state index contributed by atoms with van der Waals surface area (Å²) in [4.78, 5) is 53.5. The molecule has 0 fully saturated rings. The molecule has 1 rings (SSSR count). The summed E-state index contributed by atoms with van der Waals surface area (Å²) < 4.78 is 10.3. The Morgan fingerprint density at radius 1 is 1.13 bits per heavy atom. The van der Waals surface area contributed by atoms with Gasteiger partial charge in [-0.3, -0.25) is 14.4 Å². The minimum absolute atomic E-state index is 0.0212. The Balaban J connectivity index is 3.39. The van der Waals surface area contributed by atoms with Gasteiger partial charge in [-0.2, -0.15) is 11.8 Å². The highest BCUT2D eigenvalue weighted by molar-refractivity contribution is 7.98. The van der Waals surface area contributed by atoms with Gasteiger partial charge in [-0.25, -0.2) is 4.79 Å². The maximum Gasteiger partial charge on any atom is 0.408 e. The molecule has 11 heteroatoms. The highest BCUT2D eigenvalue weighted by atomic mass is 32.2. The van der Waals surface area contributed by atoms with Crippen LogP contribution in [0.4, 0.5) is 4.79 Å². The number of rotatable bonds is 16. The van der Waals surface area contributed by atoms with Crippen molar-refractivity contribution in [2.45, 2.75) is 84.4 Å². The molecule has 0 saturated heterocycles. The normalized spacial score (nSPS) is 12.7. The number of thioether (sulfide) groups is 1. The predicted octanol–water partition coefficient (Wildman–Crippen LogP) is 4.17. The van der Waals surface area contributed by atoms with Crippen LogP contribution in [0.15, 0.2) is 24.3 Å². The van der Waals surface area contributed by atoms with Crippen molar-refractivity contribution in [3.05, 3.63) is 29.8 Å². The van der Waals surface area contributed by atoms with E-state index in [0.717, 1.165) is 12.8 Å². The molecule has 2 unspecified atom stereocenters. The fourth-order valence-corrected chi connectivity index (χ4v) is 4.30. The molecule has 0 aliphatic rings. The average molecular weight is 568 g/mol. The molecule has 0 aliphatic heterocycles. The van der Waals surface area contributed by atoms with Gasteiger partial charge in [0.15, 0.2) is 0 Å². The zero-order valence-corrected chi connectivity index (χ0v) is 24.9. The Labute approximate surface area is 236 Å². The van der Waals surface area contributed by atoms with Crippen molar-refractivity contribution in [2.24, 2.45) is 0 Å². The number of ether oxygens (including phenoxy) is 2. The molecule has 3 N–H and O–H groups in total. The van der Waals surface area contributed by atoms with E-state index in [1.54, 1.807) is 39.8 Å². The van der Waals surface area contributed by atoms with Crippen molar-refractivity contribution in [1.29, 1.82) is 0 Å². The van der Waals surface area contributed by atoms with Crippen molar-refractivity contribution >= 4 is 35.6 Å². The summed E-state index contributed by atoms with van der Waals surface area (Å²) in [6, 6.07) is 4.15. The van der Waals surface area contributed by atoms with E-state index in [9.17, 15) is 24.3 Å². The number of nitrogens with one attached hydrogen (secondary N) is 2. The van der Waals surface area contributed by atoms with Crippen LogP contribution in [0.25, 0.3) is 0 Å². The number of amides is 3. The van der Waals surface area contributed by atoms with Gasteiger partial charge in [-0.05, 0) is 70.2 Å². The van der Waals surface area contributed by atoms with Crippen molar-refractivity contribution < 1.29 is 33.8 Å². The number of phenols is 1. The summed E-state index contributed by atoms with van der Waals surface area (Å²) in [6.07, 6.45) is 3.86. The Morgan fingerprint density at radius 3 is 2.44 bits per heavy atom. The van der Waals surface area contributed by atoms with E-state index in [2.05, 4.69) is 10.6 Å². The van der Waals surface area contributed by atoms with Crippen LogP contribution in [0.5, 0.6) is 5.75 Å². The summed E-state index contributed by atoms with van der Waals surface area (Å²) >= 11 is 1.53. The Morgan fingerprint density at radius 2 is 1.85 bits per heavy atom. The summed E-state index contributed by atoms with van der Waals surface area (Å²) in [7, 11) is 0. The Hall–Kier alpha value is -2.95. The van der Waals surface area contributed by atoms with Crippen molar-refractivity contribution in [2.75, 3.05) is 31.7 Å². The summed E-state index contributed by atoms with van der Waals surface area (Å²) in [5.74, 6) is -0.835. The molecular weight excluding hydrogens is 522 g/mol. The lowest BCUT2D eigenvalue weighted by Crippen LogP contribution is -2.53. The van der Waals surface area contributed by atoms with Crippen LogP contribution in [0.3, 0.4) is 0 Å². The summed E-state index contributed by atoms with van der Waals surface area (Å²) in [5, 5.41) is 15.6. The van der Waals surface area contributed by atoms with E-state index in [4.69, 9.17) is 9.47 Å². The highest BCUT2D eigenvalue weighted by Gasteiger charge is 2.36. The first-order valence-corrected chi connectivity index (χ1v) is 14.8. The van der Waals surface area contributed by atoms with E-state index in [1.807, 2.05) is 13.2 Å². The first-order valence-electron chi connectivity index (χ1n) is 13.4. The van der Waals surface area contributed by atoms with Crippen LogP contribution in [0, 0.1) is 0 Å². The minimum Gasteiger partial charge on any atom is -0.508 e. The topological polar surface area (TPSA) is 134 Å². The minimum atomic E-state index is -1.10. The fraction of sp³-hybridized carbons (Fsp3) is 0.643. The fourth-order valence-electron chi connectivity index (χ4n) is 3.83. The van der Waals surface area contributed by atoms with Crippen LogP contribution in [-0.2, 0) is 23.9 Å². The largest absolute Gasteiger partial charge is 0.508 e. The van der Waals surface area contributed by atoms with Gasteiger partial charge in [0.25, 0.3) is 0 Å². The third-order valence-electron chi connectivity index (χ3n) is 5.57. The molecule has 0 aliphatic carbocycles. The number of phenolic OH excluding ortho intramolecular Hbond substituents is 1. The molecule has 0 spiro atoms. The predicted molar refractivity (Wildman–Crippen MR) is 153 cm³/mol. The molecule has 39 heavy (non-hydrogen) atoms. The van der Waals surface area contributed by atoms with Crippen LogP contribution in [0.1, 0.15) is 78.3 Å². The standard InChI is InChI=1S/C28H45N3O7S/c1-7-9-10-17-31(26(35)22(15-18-39-6)30-27(36)38-28(3,4)5)24(20-12-11-13-21(32)19-20)25(34)29-16-14-23(33)37-8-2/h11-13,19,22,24,32H,7-10,14-18H2,1-6H3,(H,29,34)(H,30,36). The van der Waals surface area contributed by atoms with Gasteiger partial charge in [-0.15, -0.1) is 0 Å². The second-order valence-electron chi connectivity index (χ2n) is 10.1. The van der Waals surface area contributed by atoms with Gasteiger partial charge in [-0.1, -0.05) is 31.9 Å². The quantitative estimate of drug-likeness (QED) is 0.200. The van der Waals surface area contributed by atoms with Crippen LogP contribution >= 0.6 is 11.8 Å². The summed E-state index contributed by atoms with van der Waals surface area (Å²) in [6.45, 7) is 9.46. The number of esters is 1.